The molecule has 0 saturated heterocycles. The predicted octanol–water partition coefficient (Wildman–Crippen LogP) is 4.88. The highest BCUT2D eigenvalue weighted by molar-refractivity contribution is 5.97. The standard InChI is InChI=1S/C24H25N3O/c1-17(2)13-24(3,14-18-7-5-4-6-8-18)27-23(28)21-12-20-10-9-19(15-25)11-22(20)26-16-21/h4-12,16-17H,13-14H2,1-3H3,(H,27,28). The van der Waals surface area contributed by atoms with Crippen molar-refractivity contribution in [2.75, 3.05) is 0 Å². The Labute approximate surface area is 166 Å². The molecule has 1 N–H and O–H groups in total. The number of rotatable bonds is 6. The summed E-state index contributed by atoms with van der Waals surface area (Å²) in [6.45, 7) is 6.44. The molecule has 3 aromatic rings. The molecule has 1 unspecified atom stereocenters. The Morgan fingerprint density at radius 2 is 1.93 bits per heavy atom. The first-order chi connectivity index (χ1) is 13.4. The van der Waals surface area contributed by atoms with E-state index in [-0.39, 0.29) is 11.4 Å². The van der Waals surface area contributed by atoms with Gasteiger partial charge in [0.25, 0.3) is 5.91 Å². The maximum Gasteiger partial charge on any atom is 0.253 e. The highest BCUT2D eigenvalue weighted by atomic mass is 16.1. The summed E-state index contributed by atoms with van der Waals surface area (Å²) in [6, 6.07) is 19.5. The van der Waals surface area contributed by atoms with E-state index in [4.69, 9.17) is 5.26 Å². The van der Waals surface area contributed by atoms with Crippen molar-refractivity contribution in [3.8, 4) is 6.07 Å². The third-order valence-electron chi connectivity index (χ3n) is 4.79. The molecule has 2 aromatic carbocycles. The Balaban J connectivity index is 1.85. The van der Waals surface area contributed by atoms with Crippen molar-refractivity contribution in [2.45, 2.75) is 39.2 Å². The van der Waals surface area contributed by atoms with Crippen LogP contribution in [-0.4, -0.2) is 16.4 Å². The second-order valence-electron chi connectivity index (χ2n) is 8.02. The van der Waals surface area contributed by atoms with Crippen molar-refractivity contribution in [1.29, 1.82) is 5.26 Å². The van der Waals surface area contributed by atoms with Crippen LogP contribution in [0.2, 0.25) is 0 Å². The number of carbonyl (C=O) groups is 1. The van der Waals surface area contributed by atoms with Gasteiger partial charge < -0.3 is 5.32 Å². The van der Waals surface area contributed by atoms with Crippen LogP contribution in [0.15, 0.2) is 60.8 Å². The summed E-state index contributed by atoms with van der Waals surface area (Å²) in [5.74, 6) is 0.325. The van der Waals surface area contributed by atoms with Crippen LogP contribution in [-0.2, 0) is 6.42 Å². The van der Waals surface area contributed by atoms with Gasteiger partial charge in [-0.2, -0.15) is 5.26 Å². The number of hydrogen-bond acceptors (Lipinski definition) is 3. The first-order valence-electron chi connectivity index (χ1n) is 9.55. The summed E-state index contributed by atoms with van der Waals surface area (Å²) in [4.78, 5) is 17.4. The Morgan fingerprint density at radius 1 is 1.18 bits per heavy atom. The number of nitrogens with zero attached hydrogens (tertiary/aromatic N) is 2. The first kappa shape index (κ1) is 19.6. The van der Waals surface area contributed by atoms with Crippen molar-refractivity contribution in [2.24, 2.45) is 5.92 Å². The Morgan fingerprint density at radius 3 is 2.61 bits per heavy atom. The first-order valence-corrected chi connectivity index (χ1v) is 9.55. The van der Waals surface area contributed by atoms with E-state index < -0.39 is 0 Å². The van der Waals surface area contributed by atoms with E-state index in [0.29, 0.717) is 22.6 Å². The Kier molecular flexibility index (Phi) is 5.75. The maximum atomic E-state index is 13.0. The molecular weight excluding hydrogens is 346 g/mol. The van der Waals surface area contributed by atoms with E-state index in [9.17, 15) is 4.79 Å². The molecule has 0 aliphatic heterocycles. The SMILES string of the molecule is CC(C)CC(C)(Cc1ccccc1)NC(=O)c1cnc2cc(C#N)ccc2c1. The zero-order chi connectivity index (χ0) is 20.1. The molecule has 0 aliphatic rings. The van der Waals surface area contributed by atoms with Crippen LogP contribution < -0.4 is 5.32 Å². The van der Waals surface area contributed by atoms with Gasteiger partial charge >= 0.3 is 0 Å². The van der Waals surface area contributed by atoms with E-state index in [1.54, 1.807) is 18.3 Å². The van der Waals surface area contributed by atoms with Gasteiger partial charge in [-0.05, 0) is 49.4 Å². The molecule has 0 aliphatic carbocycles. The molecule has 0 saturated carbocycles. The van der Waals surface area contributed by atoms with Gasteiger partial charge in [-0.15, -0.1) is 0 Å². The van der Waals surface area contributed by atoms with Gasteiger partial charge in [-0.25, -0.2) is 0 Å². The molecule has 0 spiro atoms. The molecular formula is C24H25N3O. The van der Waals surface area contributed by atoms with Crippen LogP contribution in [0.1, 0.15) is 48.7 Å². The minimum absolute atomic E-state index is 0.127. The third kappa shape index (κ3) is 4.75. The normalized spacial score (nSPS) is 13.1. The summed E-state index contributed by atoms with van der Waals surface area (Å²) < 4.78 is 0. The lowest BCUT2D eigenvalue weighted by Gasteiger charge is -2.33. The van der Waals surface area contributed by atoms with Crippen molar-refractivity contribution in [3.05, 3.63) is 77.5 Å². The fourth-order valence-corrected chi connectivity index (χ4v) is 3.78. The topological polar surface area (TPSA) is 65.8 Å². The van der Waals surface area contributed by atoms with E-state index >= 15 is 0 Å². The smallest absolute Gasteiger partial charge is 0.253 e. The average molecular weight is 371 g/mol. The van der Waals surface area contributed by atoms with Gasteiger partial charge in [-0.1, -0.05) is 50.2 Å². The van der Waals surface area contributed by atoms with E-state index in [2.05, 4.69) is 49.3 Å². The zero-order valence-corrected chi connectivity index (χ0v) is 16.6. The number of benzene rings is 2. The van der Waals surface area contributed by atoms with Crippen molar-refractivity contribution < 1.29 is 4.79 Å². The molecule has 0 fully saturated rings. The number of fused-ring (bicyclic) bond motifs is 1. The minimum Gasteiger partial charge on any atom is -0.346 e. The molecule has 142 valence electrons. The fourth-order valence-electron chi connectivity index (χ4n) is 3.78. The lowest BCUT2D eigenvalue weighted by molar-refractivity contribution is 0.0894. The fraction of sp³-hybridized carbons (Fsp3) is 0.292. The molecule has 1 heterocycles. The van der Waals surface area contributed by atoms with Gasteiger partial charge in [-0.3, -0.25) is 9.78 Å². The molecule has 0 bridgehead atoms. The van der Waals surface area contributed by atoms with Crippen LogP contribution in [0.25, 0.3) is 10.9 Å². The molecule has 1 atom stereocenters. The minimum atomic E-state index is -0.355. The van der Waals surface area contributed by atoms with E-state index in [0.717, 1.165) is 18.2 Å². The number of nitriles is 1. The molecule has 4 nitrogen and oxygen atoms in total. The number of amides is 1. The molecule has 1 amide bonds. The van der Waals surface area contributed by atoms with Crippen molar-refractivity contribution in [1.82, 2.24) is 10.3 Å². The van der Waals surface area contributed by atoms with Gasteiger partial charge in [0, 0.05) is 17.1 Å². The highest BCUT2D eigenvalue weighted by Gasteiger charge is 2.28. The monoisotopic (exact) mass is 371 g/mol. The van der Waals surface area contributed by atoms with Crippen LogP contribution in [0, 0.1) is 17.2 Å². The number of nitrogens with one attached hydrogen (secondary N) is 1. The second-order valence-corrected chi connectivity index (χ2v) is 8.02. The highest BCUT2D eigenvalue weighted by Crippen LogP contribution is 2.23. The van der Waals surface area contributed by atoms with Gasteiger partial charge in [0.2, 0.25) is 0 Å². The van der Waals surface area contributed by atoms with E-state index in [1.165, 1.54) is 5.56 Å². The summed E-state index contributed by atoms with van der Waals surface area (Å²) >= 11 is 0. The van der Waals surface area contributed by atoms with Crippen LogP contribution >= 0.6 is 0 Å². The van der Waals surface area contributed by atoms with E-state index in [1.807, 2.05) is 30.3 Å². The third-order valence-corrected chi connectivity index (χ3v) is 4.79. The van der Waals surface area contributed by atoms with Gasteiger partial charge in [0.15, 0.2) is 0 Å². The molecule has 28 heavy (non-hydrogen) atoms. The largest absolute Gasteiger partial charge is 0.346 e. The second kappa shape index (κ2) is 8.22. The summed E-state index contributed by atoms with van der Waals surface area (Å²) in [7, 11) is 0. The molecule has 3 rings (SSSR count). The molecule has 4 heteroatoms. The van der Waals surface area contributed by atoms with Crippen LogP contribution in [0.4, 0.5) is 0 Å². The molecule has 1 aromatic heterocycles. The average Bonchev–Trinajstić information content (AvgIpc) is 2.66. The van der Waals surface area contributed by atoms with Crippen molar-refractivity contribution >= 4 is 16.8 Å². The van der Waals surface area contributed by atoms with Gasteiger partial charge in [0.1, 0.15) is 0 Å². The van der Waals surface area contributed by atoms with Crippen molar-refractivity contribution in [3.63, 3.8) is 0 Å². The summed E-state index contributed by atoms with van der Waals surface area (Å²) in [5, 5.41) is 13.1. The zero-order valence-electron chi connectivity index (χ0n) is 16.6. The quantitative estimate of drug-likeness (QED) is 0.671. The number of carbonyl (C=O) groups excluding carboxylic acids is 1. The predicted molar refractivity (Wildman–Crippen MR) is 112 cm³/mol. The molecule has 0 radical (unpaired) electrons. The Hall–Kier alpha value is -3.19. The lowest BCUT2D eigenvalue weighted by atomic mass is 9.84. The lowest BCUT2D eigenvalue weighted by Crippen LogP contribution is -2.48. The summed E-state index contributed by atoms with van der Waals surface area (Å²) in [6.07, 6.45) is 3.22. The summed E-state index contributed by atoms with van der Waals surface area (Å²) in [5.41, 5.74) is 2.65. The number of pyridine rings is 1. The number of hydrogen-bond donors (Lipinski definition) is 1. The van der Waals surface area contributed by atoms with Crippen LogP contribution in [0.5, 0.6) is 0 Å². The maximum absolute atomic E-state index is 13.0. The number of aromatic nitrogens is 1. The van der Waals surface area contributed by atoms with Crippen LogP contribution in [0.3, 0.4) is 0 Å². The Bertz CT molecular complexity index is 1020. The van der Waals surface area contributed by atoms with Gasteiger partial charge in [0.05, 0.1) is 22.7 Å².